The summed E-state index contributed by atoms with van der Waals surface area (Å²) < 4.78 is 47.7. The number of pyridine rings is 2. The van der Waals surface area contributed by atoms with E-state index in [1.54, 1.807) is 26.6 Å². The smallest absolute Gasteiger partial charge is 0.470 e. The van der Waals surface area contributed by atoms with Crippen LogP contribution in [0.3, 0.4) is 0 Å². The van der Waals surface area contributed by atoms with Crippen molar-refractivity contribution in [1.29, 1.82) is 5.26 Å². The largest absolute Gasteiger partial charge is 0.474 e. The van der Waals surface area contributed by atoms with Gasteiger partial charge in [-0.25, -0.2) is 4.98 Å². The molecular weight excluding hydrogens is 597 g/mol. The average Bonchev–Trinajstić information content (AvgIpc) is 3.29. The van der Waals surface area contributed by atoms with Crippen molar-refractivity contribution in [2.75, 3.05) is 40.5 Å². The number of carbonyl (C=O) groups excluding carboxylic acids is 3. The number of nitrogens with zero attached hydrogens (tertiary/aromatic N) is 4. The van der Waals surface area contributed by atoms with Crippen LogP contribution < -0.4 is 15.8 Å². The van der Waals surface area contributed by atoms with E-state index in [0.29, 0.717) is 53.4 Å². The molecule has 3 N–H and O–H groups in total. The van der Waals surface area contributed by atoms with Crippen molar-refractivity contribution < 1.29 is 41.8 Å². The Morgan fingerprint density at radius 2 is 1.87 bits per heavy atom. The van der Waals surface area contributed by atoms with Gasteiger partial charge in [-0.2, -0.15) is 18.4 Å². The third kappa shape index (κ3) is 9.51. The van der Waals surface area contributed by atoms with Gasteiger partial charge in [0.05, 0.1) is 30.8 Å². The molecule has 4 rings (SSSR count). The lowest BCUT2D eigenvalue weighted by atomic mass is 9.99. The van der Waals surface area contributed by atoms with Crippen LogP contribution in [0.15, 0.2) is 18.6 Å². The second kappa shape index (κ2) is 16.0. The van der Waals surface area contributed by atoms with Crippen LogP contribution >= 0.6 is 0 Å². The number of nitrogens with two attached hydrogens (primary N) is 1. The van der Waals surface area contributed by atoms with E-state index in [1.165, 1.54) is 6.20 Å². The third-order valence-corrected chi connectivity index (χ3v) is 7.75. The zero-order valence-electron chi connectivity index (χ0n) is 25.7. The van der Waals surface area contributed by atoms with Gasteiger partial charge in [0.2, 0.25) is 18.2 Å². The summed E-state index contributed by atoms with van der Waals surface area (Å²) in [5, 5.41) is 13.0. The Hall–Kier alpha value is -4.47. The lowest BCUT2D eigenvalue weighted by Gasteiger charge is -2.23. The highest BCUT2D eigenvalue weighted by Gasteiger charge is 2.62. The van der Waals surface area contributed by atoms with E-state index in [0.717, 1.165) is 24.9 Å². The molecular formula is C30H37F3N6O6. The number of hydrogen-bond acceptors (Lipinski definition) is 9. The first-order chi connectivity index (χ1) is 21.2. The molecule has 2 aromatic heterocycles. The van der Waals surface area contributed by atoms with Crippen molar-refractivity contribution in [3.63, 3.8) is 0 Å². The highest BCUT2D eigenvalue weighted by Crippen LogP contribution is 2.62. The summed E-state index contributed by atoms with van der Waals surface area (Å²) in [5.74, 6) is 2.31. The molecule has 3 amide bonds. The number of fused-ring (bicyclic) bond motifs is 2. The summed E-state index contributed by atoms with van der Waals surface area (Å²) in [6, 6.07) is 1.13. The van der Waals surface area contributed by atoms with Crippen LogP contribution in [-0.4, -0.2) is 85.9 Å². The fourth-order valence-electron chi connectivity index (χ4n) is 4.92. The van der Waals surface area contributed by atoms with E-state index < -0.39 is 18.1 Å². The number of alkyl halides is 3. The fourth-order valence-corrected chi connectivity index (χ4v) is 4.92. The number of rotatable bonds is 10. The monoisotopic (exact) mass is 634 g/mol. The highest BCUT2D eigenvalue weighted by atomic mass is 19.4. The first-order valence-corrected chi connectivity index (χ1v) is 13.8. The Morgan fingerprint density at radius 3 is 2.36 bits per heavy atom. The molecule has 2 aliphatic rings. The predicted octanol–water partition coefficient (Wildman–Crippen LogP) is 2.51. The van der Waals surface area contributed by atoms with E-state index in [-0.39, 0.29) is 17.9 Å². The molecule has 1 aliphatic carbocycles. The Kier molecular flexibility index (Phi) is 13.1. The van der Waals surface area contributed by atoms with Gasteiger partial charge in [0.1, 0.15) is 12.6 Å². The minimum absolute atomic E-state index is 0.0439. The van der Waals surface area contributed by atoms with Crippen LogP contribution in [0.1, 0.15) is 44.4 Å². The second-order valence-corrected chi connectivity index (χ2v) is 10.9. The molecule has 3 unspecified atom stereocenters. The highest BCUT2D eigenvalue weighted by molar-refractivity contribution is 5.92. The topological polar surface area (TPSA) is 170 Å². The molecule has 1 saturated heterocycles. The molecule has 12 nitrogen and oxygen atoms in total. The molecule has 15 heteroatoms. The van der Waals surface area contributed by atoms with Gasteiger partial charge in [-0.15, -0.1) is 6.42 Å². The molecule has 1 saturated carbocycles. The van der Waals surface area contributed by atoms with Crippen LogP contribution in [0.5, 0.6) is 5.88 Å². The van der Waals surface area contributed by atoms with Crippen LogP contribution in [0.25, 0.3) is 10.8 Å². The number of likely N-dealkylation sites (tertiary alicyclic amines) is 1. The summed E-state index contributed by atoms with van der Waals surface area (Å²) >= 11 is 0. The first-order valence-electron chi connectivity index (χ1n) is 13.8. The van der Waals surface area contributed by atoms with E-state index >= 15 is 0 Å². The first kappa shape index (κ1) is 36.7. The van der Waals surface area contributed by atoms with Crippen LogP contribution in [0, 0.1) is 40.9 Å². The number of ether oxygens (including phenoxy) is 3. The molecule has 244 valence electrons. The number of methoxy groups -OCH3 is 2. The molecule has 0 aromatic carbocycles. The predicted molar refractivity (Wildman–Crippen MR) is 156 cm³/mol. The summed E-state index contributed by atoms with van der Waals surface area (Å²) in [4.78, 5) is 41.9. The number of halogens is 3. The molecule has 45 heavy (non-hydrogen) atoms. The molecule has 2 aromatic rings. The van der Waals surface area contributed by atoms with Crippen molar-refractivity contribution in [2.45, 2.75) is 45.5 Å². The fraction of sp³-hybridized carbons (Fsp3) is 0.533. The standard InChI is InChI=1S/C16H14N4O3.C12H21NO2.C2H2F3NO/c1-3-12-15-11(8-19-16(12)23-5-4-22-2)7-18-9-13(15)14(6-17)20-10-21;1-8(15-4)5-11(14)13-6-9-10(7-13)12(9,2)3;3-2(4,5)1(6)7/h1,7-10,14H,4-5H2,2H3,(H,20,21);8-10H,5-7H2,1-4H3;(H2,6,7)/t;8-,9?,10?;/m.1./s1. The molecule has 0 bridgehead atoms. The maximum atomic E-state index is 11.8. The van der Waals surface area contributed by atoms with Gasteiger partial charge in [-0.1, -0.05) is 19.8 Å². The van der Waals surface area contributed by atoms with E-state index in [2.05, 4.69) is 40.8 Å². The quantitative estimate of drug-likeness (QED) is 0.227. The zero-order valence-corrected chi connectivity index (χ0v) is 25.7. The SMILES string of the molecule is C#Cc1c(OCCOC)ncc2cncc(C(C#N)NC=O)c12.CO[C@H](C)CC(=O)N1CC2C(C1)C2(C)C.NC(=O)C(F)(F)F. The summed E-state index contributed by atoms with van der Waals surface area (Å²) in [6.07, 6.45) is 6.41. The van der Waals surface area contributed by atoms with Crippen molar-refractivity contribution in [3.05, 3.63) is 29.7 Å². The van der Waals surface area contributed by atoms with Gasteiger partial charge in [-0.05, 0) is 24.2 Å². The van der Waals surface area contributed by atoms with Crippen molar-refractivity contribution >= 4 is 29.0 Å². The molecule has 2 fully saturated rings. The lowest BCUT2D eigenvalue weighted by Crippen LogP contribution is -2.34. The van der Waals surface area contributed by atoms with Gasteiger partial charge in [0.25, 0.3) is 0 Å². The normalized spacial score (nSPS) is 18.8. The van der Waals surface area contributed by atoms with Gasteiger partial charge in [-0.3, -0.25) is 19.4 Å². The minimum Gasteiger partial charge on any atom is -0.474 e. The number of hydrogen-bond donors (Lipinski definition) is 2. The summed E-state index contributed by atoms with van der Waals surface area (Å²) in [7, 11) is 3.22. The Morgan fingerprint density at radius 1 is 1.24 bits per heavy atom. The second-order valence-electron chi connectivity index (χ2n) is 10.9. The Labute approximate surface area is 259 Å². The number of amides is 3. The van der Waals surface area contributed by atoms with Gasteiger partial charge in [0.15, 0.2) is 0 Å². The molecule has 4 atom stereocenters. The maximum absolute atomic E-state index is 11.8. The van der Waals surface area contributed by atoms with Crippen molar-refractivity contribution in [3.8, 4) is 24.3 Å². The summed E-state index contributed by atoms with van der Waals surface area (Å²) in [6.45, 7) is 9.17. The van der Waals surface area contributed by atoms with Crippen molar-refractivity contribution in [1.82, 2.24) is 20.2 Å². The number of piperidine rings is 1. The van der Waals surface area contributed by atoms with E-state index in [4.69, 9.17) is 25.4 Å². The minimum atomic E-state index is -4.86. The third-order valence-electron chi connectivity index (χ3n) is 7.75. The van der Waals surface area contributed by atoms with Gasteiger partial charge >= 0.3 is 12.1 Å². The Bertz CT molecular complexity index is 1420. The van der Waals surface area contributed by atoms with Crippen LogP contribution in [-0.2, 0) is 23.9 Å². The average molecular weight is 635 g/mol. The number of nitriles is 1. The number of carbonyl (C=O) groups is 3. The molecule has 0 radical (unpaired) electrons. The van der Waals surface area contributed by atoms with Crippen molar-refractivity contribution in [2.24, 2.45) is 23.0 Å². The van der Waals surface area contributed by atoms with E-state index in [1.807, 2.05) is 17.9 Å². The summed E-state index contributed by atoms with van der Waals surface area (Å²) in [5.41, 5.74) is 5.19. The van der Waals surface area contributed by atoms with Crippen LogP contribution in [0.2, 0.25) is 0 Å². The van der Waals surface area contributed by atoms with E-state index in [9.17, 15) is 28.0 Å². The number of terminal acetylenes is 1. The zero-order chi connectivity index (χ0) is 33.9. The van der Waals surface area contributed by atoms with Crippen LogP contribution in [0.4, 0.5) is 13.2 Å². The van der Waals surface area contributed by atoms with Gasteiger partial charge < -0.3 is 30.2 Å². The number of primary amides is 1. The molecule has 1 aliphatic heterocycles. The molecule has 0 spiro atoms. The Balaban J connectivity index is 0.000000273. The maximum Gasteiger partial charge on any atom is 0.470 e. The number of nitrogens with one attached hydrogen (secondary N) is 1. The number of aromatic nitrogens is 2. The lowest BCUT2D eigenvalue weighted by molar-refractivity contribution is -0.169. The molecule has 3 heterocycles. The van der Waals surface area contributed by atoms with Gasteiger partial charge in [0, 0.05) is 62.2 Å².